The van der Waals surface area contributed by atoms with Crippen LogP contribution in [0.2, 0.25) is 0 Å². The van der Waals surface area contributed by atoms with Gasteiger partial charge in [0.25, 0.3) is 5.91 Å². The highest BCUT2D eigenvalue weighted by Crippen LogP contribution is 2.31. The summed E-state index contributed by atoms with van der Waals surface area (Å²) in [6.07, 6.45) is 1.48. The lowest BCUT2D eigenvalue weighted by molar-refractivity contribution is 0.102. The topological polar surface area (TPSA) is 68.5 Å². The number of aromatic nitrogens is 2. The number of hydrogen-bond acceptors (Lipinski definition) is 4. The van der Waals surface area contributed by atoms with Gasteiger partial charge in [0.2, 0.25) is 5.95 Å². The lowest BCUT2D eigenvalue weighted by Gasteiger charge is -2.12. The molecule has 0 fully saturated rings. The largest absolute Gasteiger partial charge is 0.399 e. The van der Waals surface area contributed by atoms with Crippen molar-refractivity contribution in [2.45, 2.75) is 6.92 Å². The first-order valence-electron chi connectivity index (χ1n) is 8.48. The van der Waals surface area contributed by atoms with E-state index in [1.54, 1.807) is 24.3 Å². The molecule has 1 N–H and O–H groups in total. The van der Waals surface area contributed by atoms with Gasteiger partial charge in [0, 0.05) is 18.7 Å². The van der Waals surface area contributed by atoms with Gasteiger partial charge in [-0.3, -0.25) is 4.79 Å². The van der Waals surface area contributed by atoms with Crippen LogP contribution in [0.15, 0.2) is 41.6 Å². The maximum absolute atomic E-state index is 14.2. The molecule has 3 aromatic rings. The van der Waals surface area contributed by atoms with Gasteiger partial charge in [0.1, 0.15) is 12.7 Å². The molecule has 0 aliphatic carbocycles. The molecule has 0 radical (unpaired) electrons. The van der Waals surface area contributed by atoms with Crippen molar-refractivity contribution in [3.8, 4) is 11.1 Å². The van der Waals surface area contributed by atoms with Crippen molar-refractivity contribution in [1.82, 2.24) is 9.78 Å². The zero-order chi connectivity index (χ0) is 21.1. The summed E-state index contributed by atoms with van der Waals surface area (Å²) >= 11 is 0. The lowest BCUT2D eigenvalue weighted by Crippen LogP contribution is -2.15. The second-order valence-electron chi connectivity index (χ2n) is 6.18. The third kappa shape index (κ3) is 4.13. The number of aryl methyl sites for hydroxylation is 2. The number of carbonyl (C=O) groups excluding carboxylic acids is 1. The van der Waals surface area contributed by atoms with Crippen molar-refractivity contribution >= 4 is 17.8 Å². The molecule has 9 heteroatoms. The number of benzene rings is 2. The number of nitrogens with zero attached hydrogens (tertiary/aromatic N) is 3. The number of amides is 1. The summed E-state index contributed by atoms with van der Waals surface area (Å²) in [6, 6.07) is 8.50. The molecule has 1 aromatic heterocycles. The Morgan fingerprint density at radius 2 is 1.83 bits per heavy atom. The fraction of sp³-hybridized carbons (Fsp3) is 0.150. The molecule has 0 aliphatic heterocycles. The number of halogens is 3. The molecule has 0 atom stereocenters. The third-order valence-electron chi connectivity index (χ3n) is 4.22. The number of anilines is 1. The molecule has 0 bridgehead atoms. The zero-order valence-electron chi connectivity index (χ0n) is 15.8. The van der Waals surface area contributed by atoms with Crippen LogP contribution in [-0.2, 0) is 11.9 Å². The highest BCUT2D eigenvalue weighted by atomic mass is 19.2. The predicted octanol–water partition coefficient (Wildman–Crippen LogP) is 4.05. The molecule has 150 valence electrons. The molecule has 6 nitrogen and oxygen atoms in total. The van der Waals surface area contributed by atoms with E-state index < -0.39 is 23.5 Å². The number of oxime groups is 1. The first-order chi connectivity index (χ1) is 13.8. The monoisotopic (exact) mass is 402 g/mol. The van der Waals surface area contributed by atoms with Gasteiger partial charge in [0.05, 0.1) is 17.6 Å². The predicted molar refractivity (Wildman–Crippen MR) is 102 cm³/mol. The molecule has 1 heterocycles. The lowest BCUT2D eigenvalue weighted by atomic mass is 10.0. The van der Waals surface area contributed by atoms with Crippen LogP contribution in [0, 0.1) is 24.5 Å². The molecule has 1 amide bonds. The molecule has 2 aromatic carbocycles. The number of hydrogen-bond donors (Lipinski definition) is 1. The molecule has 0 spiro atoms. The fourth-order valence-corrected chi connectivity index (χ4v) is 2.82. The van der Waals surface area contributed by atoms with Crippen LogP contribution in [0.3, 0.4) is 0 Å². The van der Waals surface area contributed by atoms with Crippen LogP contribution in [0.25, 0.3) is 11.1 Å². The van der Waals surface area contributed by atoms with Crippen LogP contribution < -0.4 is 5.32 Å². The summed E-state index contributed by atoms with van der Waals surface area (Å²) in [5, 5.41) is 9.94. The molecule has 0 unspecified atom stereocenters. The van der Waals surface area contributed by atoms with Gasteiger partial charge >= 0.3 is 0 Å². The standard InChI is InChI=1S/C20H17F3N4O2/c1-11-18(19(23)27(2)26-11)20(28)25-17-9-16(22)15(21)8-14(17)13-6-4-12(5-7-13)10-24-29-3/h4-10H,1-3H3,(H,25,28)/b24-10+. The maximum atomic E-state index is 14.2. The maximum Gasteiger partial charge on any atom is 0.262 e. The Labute approximate surface area is 164 Å². The SMILES string of the molecule is CO/N=C/c1ccc(-c2cc(F)c(F)cc2NC(=O)c2c(C)nn(C)c2F)cc1. The minimum absolute atomic E-state index is 0.00476. The average Bonchev–Trinajstić information content (AvgIpc) is 2.95. The van der Waals surface area contributed by atoms with Gasteiger partial charge < -0.3 is 10.2 Å². The van der Waals surface area contributed by atoms with Gasteiger partial charge in [-0.1, -0.05) is 29.4 Å². The van der Waals surface area contributed by atoms with Gasteiger partial charge in [-0.2, -0.15) is 9.49 Å². The number of carbonyl (C=O) groups is 1. The molecule has 0 saturated heterocycles. The third-order valence-corrected chi connectivity index (χ3v) is 4.22. The Kier molecular flexibility index (Phi) is 5.67. The van der Waals surface area contributed by atoms with E-state index in [-0.39, 0.29) is 22.5 Å². The minimum Gasteiger partial charge on any atom is -0.399 e. The van der Waals surface area contributed by atoms with Crippen molar-refractivity contribution in [2.24, 2.45) is 12.2 Å². The van der Waals surface area contributed by atoms with E-state index in [1.807, 2.05) is 0 Å². The minimum atomic E-state index is -1.14. The van der Waals surface area contributed by atoms with E-state index in [2.05, 4.69) is 20.4 Å². The van der Waals surface area contributed by atoms with E-state index >= 15 is 0 Å². The fourth-order valence-electron chi connectivity index (χ4n) is 2.82. The summed E-state index contributed by atoms with van der Waals surface area (Å²) in [5.74, 6) is -3.86. The second-order valence-corrected chi connectivity index (χ2v) is 6.18. The van der Waals surface area contributed by atoms with Gasteiger partial charge in [-0.25, -0.2) is 13.5 Å². The van der Waals surface area contributed by atoms with Crippen LogP contribution in [0.1, 0.15) is 21.6 Å². The smallest absolute Gasteiger partial charge is 0.262 e. The Bertz CT molecular complexity index is 1090. The van der Waals surface area contributed by atoms with E-state index in [1.165, 1.54) is 27.3 Å². The van der Waals surface area contributed by atoms with Crippen LogP contribution in [-0.4, -0.2) is 29.0 Å². The first kappa shape index (κ1) is 20.1. The average molecular weight is 402 g/mol. The van der Waals surface area contributed by atoms with E-state index in [9.17, 15) is 18.0 Å². The van der Waals surface area contributed by atoms with Crippen LogP contribution in [0.5, 0.6) is 0 Å². The van der Waals surface area contributed by atoms with Crippen molar-refractivity contribution in [1.29, 1.82) is 0 Å². The quantitative estimate of drug-likeness (QED) is 0.517. The van der Waals surface area contributed by atoms with E-state index in [0.717, 1.165) is 22.4 Å². The normalized spacial score (nSPS) is 11.1. The Morgan fingerprint density at radius 1 is 1.17 bits per heavy atom. The molecule has 3 rings (SSSR count). The van der Waals surface area contributed by atoms with Gasteiger partial charge in [-0.05, 0) is 24.1 Å². The van der Waals surface area contributed by atoms with Crippen molar-refractivity contribution in [3.05, 3.63) is 70.8 Å². The summed E-state index contributed by atoms with van der Waals surface area (Å²) in [5.41, 5.74) is 1.36. The van der Waals surface area contributed by atoms with E-state index in [4.69, 9.17) is 0 Å². The first-order valence-corrected chi connectivity index (χ1v) is 8.48. The molecule has 0 saturated carbocycles. The van der Waals surface area contributed by atoms with E-state index in [0.29, 0.717) is 5.56 Å². The van der Waals surface area contributed by atoms with Crippen molar-refractivity contribution in [3.63, 3.8) is 0 Å². The second kappa shape index (κ2) is 8.17. The number of nitrogens with one attached hydrogen (secondary N) is 1. The highest BCUT2D eigenvalue weighted by Gasteiger charge is 2.22. The summed E-state index contributed by atoms with van der Waals surface area (Å²) in [6.45, 7) is 1.48. The zero-order valence-corrected chi connectivity index (χ0v) is 15.8. The van der Waals surface area contributed by atoms with Crippen molar-refractivity contribution < 1.29 is 22.8 Å². The van der Waals surface area contributed by atoms with Crippen molar-refractivity contribution in [2.75, 3.05) is 12.4 Å². The van der Waals surface area contributed by atoms with Crippen LogP contribution >= 0.6 is 0 Å². The van der Waals surface area contributed by atoms with Crippen LogP contribution in [0.4, 0.5) is 18.9 Å². The Hall–Kier alpha value is -3.62. The summed E-state index contributed by atoms with van der Waals surface area (Å²) in [4.78, 5) is 17.2. The molecule has 0 aliphatic rings. The Balaban J connectivity index is 2.00. The number of rotatable bonds is 5. The summed E-state index contributed by atoms with van der Waals surface area (Å²) < 4.78 is 42.8. The molecule has 29 heavy (non-hydrogen) atoms. The molecular formula is C20H17F3N4O2. The summed E-state index contributed by atoms with van der Waals surface area (Å²) in [7, 11) is 2.77. The van der Waals surface area contributed by atoms with Gasteiger partial charge in [-0.15, -0.1) is 0 Å². The Morgan fingerprint density at radius 3 is 2.41 bits per heavy atom. The highest BCUT2D eigenvalue weighted by molar-refractivity contribution is 6.07. The molecular weight excluding hydrogens is 385 g/mol. The van der Waals surface area contributed by atoms with Gasteiger partial charge in [0.15, 0.2) is 11.6 Å².